The predicted molar refractivity (Wildman–Crippen MR) is 57.3 cm³/mol. The van der Waals surface area contributed by atoms with Crippen LogP contribution in [0, 0.1) is 6.92 Å². The molecular weight excluding hydrogens is 192 g/mol. The Balaban J connectivity index is 2.29. The number of aromatic hydroxyl groups is 1. The van der Waals surface area contributed by atoms with Crippen molar-refractivity contribution in [2.45, 2.75) is 31.8 Å². The molecule has 0 aliphatic heterocycles. The second-order valence-corrected chi connectivity index (χ2v) is 4.35. The standard InChI is InChI=1S/C12H16O3/c1-8-5-10(13)9(6-11(8)15-2)7-12(14)3-4-12/h5-6,13-14H,3-4,7H2,1-2H3. The molecule has 0 amide bonds. The minimum absolute atomic E-state index is 0.244. The summed E-state index contributed by atoms with van der Waals surface area (Å²) >= 11 is 0. The van der Waals surface area contributed by atoms with Crippen LogP contribution in [0.5, 0.6) is 11.5 Å². The summed E-state index contributed by atoms with van der Waals surface area (Å²) in [6, 6.07) is 3.49. The smallest absolute Gasteiger partial charge is 0.122 e. The van der Waals surface area contributed by atoms with Gasteiger partial charge in [-0.15, -0.1) is 0 Å². The van der Waals surface area contributed by atoms with Crippen molar-refractivity contribution in [3.05, 3.63) is 23.3 Å². The quantitative estimate of drug-likeness (QED) is 0.796. The highest BCUT2D eigenvalue weighted by molar-refractivity contribution is 5.46. The Morgan fingerprint density at radius 1 is 1.40 bits per heavy atom. The summed E-state index contributed by atoms with van der Waals surface area (Å²) in [5, 5.41) is 19.5. The molecule has 3 heteroatoms. The molecule has 1 fully saturated rings. The summed E-state index contributed by atoms with van der Waals surface area (Å²) in [5.41, 5.74) is 1.08. The minimum Gasteiger partial charge on any atom is -0.508 e. The molecule has 0 heterocycles. The van der Waals surface area contributed by atoms with Gasteiger partial charge in [0.2, 0.25) is 0 Å². The molecule has 3 nitrogen and oxygen atoms in total. The lowest BCUT2D eigenvalue weighted by atomic mass is 10.0. The highest BCUT2D eigenvalue weighted by Crippen LogP contribution is 2.41. The molecule has 0 spiro atoms. The maximum absolute atomic E-state index is 9.79. The van der Waals surface area contributed by atoms with Crippen molar-refractivity contribution in [2.75, 3.05) is 7.11 Å². The van der Waals surface area contributed by atoms with E-state index in [4.69, 9.17) is 4.74 Å². The lowest BCUT2D eigenvalue weighted by Gasteiger charge is -2.12. The third-order valence-corrected chi connectivity index (χ3v) is 2.94. The van der Waals surface area contributed by atoms with Crippen LogP contribution in [0.25, 0.3) is 0 Å². The molecular formula is C12H16O3. The third kappa shape index (κ3) is 2.07. The Kier molecular flexibility index (Phi) is 2.35. The van der Waals surface area contributed by atoms with E-state index in [2.05, 4.69) is 0 Å². The van der Waals surface area contributed by atoms with Gasteiger partial charge in [-0.25, -0.2) is 0 Å². The van der Waals surface area contributed by atoms with E-state index in [0.29, 0.717) is 6.42 Å². The van der Waals surface area contributed by atoms with Gasteiger partial charge in [0.25, 0.3) is 0 Å². The van der Waals surface area contributed by atoms with Crippen molar-refractivity contribution in [2.24, 2.45) is 0 Å². The van der Waals surface area contributed by atoms with Crippen LogP contribution in [0.2, 0.25) is 0 Å². The molecule has 0 saturated heterocycles. The van der Waals surface area contributed by atoms with Gasteiger partial charge in [-0.05, 0) is 37.5 Å². The molecule has 1 aromatic carbocycles. The Hall–Kier alpha value is -1.22. The number of benzene rings is 1. The monoisotopic (exact) mass is 208 g/mol. The van der Waals surface area contributed by atoms with E-state index < -0.39 is 5.60 Å². The maximum Gasteiger partial charge on any atom is 0.122 e. The summed E-state index contributed by atoms with van der Waals surface area (Å²) in [6.07, 6.45) is 2.15. The molecule has 15 heavy (non-hydrogen) atoms. The molecule has 1 aromatic rings. The van der Waals surface area contributed by atoms with Crippen molar-refractivity contribution in [3.63, 3.8) is 0 Å². The van der Waals surface area contributed by atoms with Gasteiger partial charge in [0.15, 0.2) is 0 Å². The van der Waals surface area contributed by atoms with Gasteiger partial charge in [-0.2, -0.15) is 0 Å². The van der Waals surface area contributed by atoms with Crippen LogP contribution in [0.15, 0.2) is 12.1 Å². The number of methoxy groups -OCH3 is 1. The van der Waals surface area contributed by atoms with E-state index in [0.717, 1.165) is 29.7 Å². The summed E-state index contributed by atoms with van der Waals surface area (Å²) in [5.74, 6) is 1.00. The van der Waals surface area contributed by atoms with Crippen LogP contribution < -0.4 is 4.74 Å². The molecule has 1 saturated carbocycles. The average molecular weight is 208 g/mol. The van der Waals surface area contributed by atoms with E-state index in [-0.39, 0.29) is 5.75 Å². The molecule has 0 unspecified atom stereocenters. The molecule has 82 valence electrons. The average Bonchev–Trinajstić information content (AvgIpc) is 2.89. The van der Waals surface area contributed by atoms with E-state index in [9.17, 15) is 10.2 Å². The Labute approximate surface area is 89.3 Å². The van der Waals surface area contributed by atoms with Crippen LogP contribution in [-0.4, -0.2) is 22.9 Å². The normalized spacial score (nSPS) is 17.5. The van der Waals surface area contributed by atoms with E-state index in [1.54, 1.807) is 19.2 Å². The van der Waals surface area contributed by atoms with Gasteiger partial charge in [-0.3, -0.25) is 0 Å². The molecule has 0 radical (unpaired) electrons. The van der Waals surface area contributed by atoms with Gasteiger partial charge in [-0.1, -0.05) is 0 Å². The number of hydrogen-bond donors (Lipinski definition) is 2. The minimum atomic E-state index is -0.586. The molecule has 1 aliphatic rings. The number of aryl methyl sites for hydroxylation is 1. The van der Waals surface area contributed by atoms with Gasteiger partial charge in [0.05, 0.1) is 12.7 Å². The van der Waals surface area contributed by atoms with Crippen LogP contribution in [0.4, 0.5) is 0 Å². The SMILES string of the molecule is COc1cc(CC2(O)CC2)c(O)cc1C. The largest absolute Gasteiger partial charge is 0.508 e. The Morgan fingerprint density at radius 2 is 2.07 bits per heavy atom. The second kappa shape index (κ2) is 3.42. The number of hydrogen-bond acceptors (Lipinski definition) is 3. The first-order chi connectivity index (χ1) is 7.04. The zero-order valence-corrected chi connectivity index (χ0v) is 9.08. The van der Waals surface area contributed by atoms with E-state index in [1.807, 2.05) is 6.92 Å². The van der Waals surface area contributed by atoms with Crippen molar-refractivity contribution in [1.82, 2.24) is 0 Å². The summed E-state index contributed by atoms with van der Waals surface area (Å²) in [6.45, 7) is 1.88. The van der Waals surface area contributed by atoms with E-state index >= 15 is 0 Å². The van der Waals surface area contributed by atoms with E-state index in [1.165, 1.54) is 0 Å². The van der Waals surface area contributed by atoms with Gasteiger partial charge >= 0.3 is 0 Å². The first-order valence-corrected chi connectivity index (χ1v) is 5.13. The van der Waals surface area contributed by atoms with Crippen molar-refractivity contribution in [1.29, 1.82) is 0 Å². The Bertz CT molecular complexity index is 381. The molecule has 2 rings (SSSR count). The molecule has 0 aromatic heterocycles. The number of ether oxygens (including phenoxy) is 1. The first-order valence-electron chi connectivity index (χ1n) is 5.13. The zero-order valence-electron chi connectivity index (χ0n) is 9.08. The molecule has 2 N–H and O–H groups in total. The van der Waals surface area contributed by atoms with Crippen molar-refractivity contribution >= 4 is 0 Å². The third-order valence-electron chi connectivity index (χ3n) is 2.94. The lowest BCUT2D eigenvalue weighted by Crippen LogP contribution is -2.11. The van der Waals surface area contributed by atoms with Crippen LogP contribution in [0.1, 0.15) is 24.0 Å². The second-order valence-electron chi connectivity index (χ2n) is 4.35. The fourth-order valence-electron chi connectivity index (χ4n) is 1.75. The van der Waals surface area contributed by atoms with Crippen LogP contribution in [-0.2, 0) is 6.42 Å². The topological polar surface area (TPSA) is 49.7 Å². The van der Waals surface area contributed by atoms with Crippen LogP contribution >= 0.6 is 0 Å². The zero-order chi connectivity index (χ0) is 11.1. The van der Waals surface area contributed by atoms with Gasteiger partial charge in [0.1, 0.15) is 11.5 Å². The van der Waals surface area contributed by atoms with Gasteiger partial charge < -0.3 is 14.9 Å². The Morgan fingerprint density at radius 3 is 2.60 bits per heavy atom. The highest BCUT2D eigenvalue weighted by atomic mass is 16.5. The summed E-state index contributed by atoms with van der Waals surface area (Å²) in [4.78, 5) is 0. The highest BCUT2D eigenvalue weighted by Gasteiger charge is 2.40. The summed E-state index contributed by atoms with van der Waals surface area (Å²) < 4.78 is 5.18. The lowest BCUT2D eigenvalue weighted by molar-refractivity contribution is 0.150. The molecule has 0 atom stereocenters. The molecule has 1 aliphatic carbocycles. The summed E-state index contributed by atoms with van der Waals surface area (Å²) in [7, 11) is 1.61. The number of phenolic OH excluding ortho intramolecular Hbond substituents is 1. The van der Waals surface area contributed by atoms with Gasteiger partial charge in [0, 0.05) is 12.0 Å². The predicted octanol–water partition coefficient (Wildman–Crippen LogP) is 1.78. The van der Waals surface area contributed by atoms with Crippen molar-refractivity contribution in [3.8, 4) is 11.5 Å². The number of rotatable bonds is 3. The first kappa shape index (κ1) is 10.3. The molecule has 0 bridgehead atoms. The fraction of sp³-hybridized carbons (Fsp3) is 0.500. The number of aliphatic hydroxyl groups is 1. The fourth-order valence-corrected chi connectivity index (χ4v) is 1.75. The van der Waals surface area contributed by atoms with Crippen LogP contribution in [0.3, 0.4) is 0 Å². The number of phenols is 1. The maximum atomic E-state index is 9.79. The van der Waals surface area contributed by atoms with Crippen molar-refractivity contribution < 1.29 is 14.9 Å².